The summed E-state index contributed by atoms with van der Waals surface area (Å²) in [5.41, 5.74) is -1.54. The van der Waals surface area contributed by atoms with Crippen LogP contribution in [-0.2, 0) is 23.1 Å². The minimum Gasteiger partial charge on any atom is -0.387 e. The molecule has 0 aliphatic carbocycles. The van der Waals surface area contributed by atoms with E-state index in [1.165, 1.54) is 0 Å². The van der Waals surface area contributed by atoms with Gasteiger partial charge in [-0.05, 0) is 6.42 Å². The highest BCUT2D eigenvalue weighted by Crippen LogP contribution is 2.44. The Bertz CT molecular complexity index is 805. The maximum Gasteiger partial charge on any atom is 0.529 e. The Morgan fingerprint density at radius 2 is 2.08 bits per heavy atom. The van der Waals surface area contributed by atoms with E-state index in [0.717, 1.165) is 16.8 Å². The topological polar surface area (TPSA) is 177 Å². The van der Waals surface area contributed by atoms with Gasteiger partial charge in [-0.15, -0.1) is 0 Å². The Hall–Kier alpha value is -1.82. The van der Waals surface area contributed by atoms with Crippen LogP contribution < -0.4 is 11.2 Å². The van der Waals surface area contributed by atoms with Crippen molar-refractivity contribution >= 4 is 13.8 Å². The van der Waals surface area contributed by atoms with Gasteiger partial charge in [0.05, 0.1) is 6.61 Å². The highest BCUT2D eigenvalue weighted by atomic mass is 31.2. The van der Waals surface area contributed by atoms with Crippen molar-refractivity contribution in [2.45, 2.75) is 44.3 Å². The van der Waals surface area contributed by atoms with Crippen LogP contribution in [0.2, 0.25) is 0 Å². The average Bonchev–Trinajstić information content (AvgIpc) is 2.81. The number of phosphoric ester groups is 1. The number of ether oxygens (including phenoxy) is 1. The van der Waals surface area contributed by atoms with Crippen LogP contribution >= 0.6 is 7.82 Å². The summed E-state index contributed by atoms with van der Waals surface area (Å²) in [4.78, 5) is 45.5. The number of hydrogen-bond acceptors (Lipinski definition) is 9. The van der Waals surface area contributed by atoms with Crippen LogP contribution in [0.5, 0.6) is 0 Å². The average molecular weight is 394 g/mol. The number of rotatable bonds is 7. The first kappa shape index (κ1) is 20.5. The molecule has 0 spiro atoms. The summed E-state index contributed by atoms with van der Waals surface area (Å²) in [6, 6.07) is 1.02. The molecule has 146 valence electrons. The second kappa shape index (κ2) is 8.25. The number of aromatic amines is 1. The van der Waals surface area contributed by atoms with Crippen LogP contribution in [0.3, 0.4) is 0 Å². The monoisotopic (exact) mass is 394 g/mol. The van der Waals surface area contributed by atoms with Crippen LogP contribution in [0.1, 0.15) is 26.0 Å². The fourth-order valence-corrected chi connectivity index (χ4v) is 3.03. The van der Waals surface area contributed by atoms with Crippen molar-refractivity contribution < 1.29 is 38.3 Å². The van der Waals surface area contributed by atoms with E-state index in [-0.39, 0.29) is 6.42 Å². The second-order valence-electron chi connectivity index (χ2n) is 5.54. The van der Waals surface area contributed by atoms with Gasteiger partial charge in [-0.3, -0.25) is 28.6 Å². The van der Waals surface area contributed by atoms with Gasteiger partial charge in [-0.2, -0.15) is 0 Å². The Morgan fingerprint density at radius 3 is 2.69 bits per heavy atom. The van der Waals surface area contributed by atoms with Gasteiger partial charge < -0.3 is 19.5 Å². The third-order valence-electron chi connectivity index (χ3n) is 3.54. The lowest BCUT2D eigenvalue weighted by molar-refractivity contribution is -0.136. The quantitative estimate of drug-likeness (QED) is 0.403. The summed E-state index contributed by atoms with van der Waals surface area (Å²) in [6.45, 7) is 0.980. The number of aliphatic hydroxyl groups is 2. The number of carbonyl (C=O) groups is 1. The second-order valence-corrected chi connectivity index (χ2v) is 6.92. The Labute approximate surface area is 146 Å². The van der Waals surface area contributed by atoms with E-state index in [1.54, 1.807) is 6.92 Å². The van der Waals surface area contributed by atoms with Crippen LogP contribution in [0.25, 0.3) is 0 Å². The van der Waals surface area contributed by atoms with Crippen molar-refractivity contribution in [3.63, 3.8) is 0 Å². The first-order chi connectivity index (χ1) is 12.1. The first-order valence-corrected chi connectivity index (χ1v) is 9.17. The lowest BCUT2D eigenvalue weighted by Crippen LogP contribution is -2.37. The molecule has 0 saturated carbocycles. The predicted molar refractivity (Wildman–Crippen MR) is 84.0 cm³/mol. The number of nitrogens with one attached hydrogen (secondary N) is 1. The van der Waals surface area contributed by atoms with Crippen molar-refractivity contribution in [3.05, 3.63) is 33.1 Å². The molecule has 1 aliphatic heterocycles. The molecule has 1 aliphatic rings. The number of aliphatic hydroxyl groups excluding tert-OH is 2. The number of carbonyl (C=O) groups excluding carboxylic acids is 1. The maximum absolute atomic E-state index is 11.7. The third-order valence-corrected chi connectivity index (χ3v) is 4.45. The molecular formula is C13H19N2O10P. The van der Waals surface area contributed by atoms with Gasteiger partial charge in [-0.25, -0.2) is 9.36 Å². The Balaban J connectivity index is 2.03. The number of hydrogen-bond donors (Lipinski definition) is 4. The number of phosphoric acid groups is 1. The molecule has 1 unspecified atom stereocenters. The summed E-state index contributed by atoms with van der Waals surface area (Å²) in [7, 11) is -4.72. The summed E-state index contributed by atoms with van der Waals surface area (Å²) in [5.74, 6) is -0.927. The molecule has 0 amide bonds. The van der Waals surface area contributed by atoms with Crippen molar-refractivity contribution in [1.29, 1.82) is 0 Å². The van der Waals surface area contributed by atoms with E-state index in [9.17, 15) is 34.1 Å². The zero-order chi connectivity index (χ0) is 19.5. The summed E-state index contributed by atoms with van der Waals surface area (Å²) < 4.78 is 26.7. The van der Waals surface area contributed by atoms with E-state index in [0.29, 0.717) is 6.42 Å². The zero-order valence-corrected chi connectivity index (χ0v) is 14.6. The molecule has 5 atom stereocenters. The van der Waals surface area contributed by atoms with E-state index < -0.39 is 56.2 Å². The normalized spacial score (nSPS) is 27.8. The van der Waals surface area contributed by atoms with Gasteiger partial charge in [0.15, 0.2) is 6.23 Å². The molecule has 0 bridgehead atoms. The smallest absolute Gasteiger partial charge is 0.387 e. The van der Waals surface area contributed by atoms with Crippen LogP contribution in [-0.4, -0.2) is 55.5 Å². The standard InChI is InChI=1S/C13H19N2O10P/c1-2-3-9(17)25-26(21,22)23-6-7-10(18)11(19)12(24-7)15-5-4-8(16)14-13(15)20/h4-5,7,10-12,18-19H,2-3,6H2,1H3,(H,21,22)(H,14,16,20)/t7-,10-,11-,12-/m1/s1. The molecule has 12 nitrogen and oxygen atoms in total. The molecule has 4 N–H and O–H groups in total. The fraction of sp³-hybridized carbons (Fsp3) is 0.615. The number of aromatic nitrogens is 2. The number of H-pyrrole nitrogens is 1. The van der Waals surface area contributed by atoms with Crippen molar-refractivity contribution in [3.8, 4) is 0 Å². The minimum absolute atomic E-state index is 0.0770. The summed E-state index contributed by atoms with van der Waals surface area (Å²) in [5, 5.41) is 20.0. The van der Waals surface area contributed by atoms with Crippen LogP contribution in [0.4, 0.5) is 0 Å². The zero-order valence-electron chi connectivity index (χ0n) is 13.7. The first-order valence-electron chi connectivity index (χ1n) is 7.67. The predicted octanol–water partition coefficient (Wildman–Crippen LogP) is -1.38. The Kier molecular flexibility index (Phi) is 6.50. The molecule has 1 saturated heterocycles. The molecule has 2 rings (SSSR count). The molecule has 1 aromatic rings. The SMILES string of the molecule is CCCC(=O)OP(=O)(O)OC[C@H]1O[C@@H](n2ccc(=O)[nH]c2=O)[C@H](O)[C@@H]1O. The van der Waals surface area contributed by atoms with Gasteiger partial charge in [0.25, 0.3) is 5.56 Å². The fourth-order valence-electron chi connectivity index (χ4n) is 2.30. The molecule has 0 radical (unpaired) electrons. The molecule has 0 aromatic carbocycles. The highest BCUT2D eigenvalue weighted by molar-refractivity contribution is 7.48. The highest BCUT2D eigenvalue weighted by Gasteiger charge is 2.45. The van der Waals surface area contributed by atoms with E-state index >= 15 is 0 Å². The van der Waals surface area contributed by atoms with Gasteiger partial charge in [0.2, 0.25) is 0 Å². The van der Waals surface area contributed by atoms with Crippen molar-refractivity contribution in [2.24, 2.45) is 0 Å². The van der Waals surface area contributed by atoms with Gasteiger partial charge in [-0.1, -0.05) is 6.92 Å². The molecule has 1 aromatic heterocycles. The van der Waals surface area contributed by atoms with E-state index in [4.69, 9.17) is 4.74 Å². The minimum atomic E-state index is -4.72. The molecule has 26 heavy (non-hydrogen) atoms. The Morgan fingerprint density at radius 1 is 1.38 bits per heavy atom. The van der Waals surface area contributed by atoms with Gasteiger partial charge >= 0.3 is 19.5 Å². The third kappa shape index (κ3) is 4.87. The van der Waals surface area contributed by atoms with Crippen LogP contribution in [0, 0.1) is 0 Å². The molecule has 13 heteroatoms. The summed E-state index contributed by atoms with van der Waals surface area (Å²) >= 11 is 0. The lowest BCUT2D eigenvalue weighted by Gasteiger charge is -2.17. The molecule has 1 fully saturated rings. The van der Waals surface area contributed by atoms with Gasteiger partial charge in [0.1, 0.15) is 18.3 Å². The van der Waals surface area contributed by atoms with E-state index in [1.807, 2.05) is 4.98 Å². The lowest BCUT2D eigenvalue weighted by atomic mass is 10.1. The number of nitrogens with zero attached hydrogens (tertiary/aromatic N) is 1. The largest absolute Gasteiger partial charge is 0.529 e. The van der Waals surface area contributed by atoms with Gasteiger partial charge in [0, 0.05) is 18.7 Å². The van der Waals surface area contributed by atoms with Crippen molar-refractivity contribution in [2.75, 3.05) is 6.61 Å². The molecular weight excluding hydrogens is 375 g/mol. The maximum atomic E-state index is 11.7. The summed E-state index contributed by atoms with van der Waals surface area (Å²) in [6.07, 6.45) is -4.40. The van der Waals surface area contributed by atoms with E-state index in [2.05, 4.69) is 9.05 Å². The molecule has 2 heterocycles. The van der Waals surface area contributed by atoms with Crippen LogP contribution in [0.15, 0.2) is 21.9 Å². The van der Waals surface area contributed by atoms with Crippen molar-refractivity contribution in [1.82, 2.24) is 9.55 Å².